The smallest absolute Gasteiger partial charge is 0.340 e. The average Bonchev–Trinajstić information content (AvgIpc) is 2.71. The second kappa shape index (κ2) is 4.18. The van der Waals surface area contributed by atoms with Crippen LogP contribution >= 0.6 is 0 Å². The van der Waals surface area contributed by atoms with Crippen molar-refractivity contribution in [2.24, 2.45) is 14.1 Å². The fourth-order valence-corrected chi connectivity index (χ4v) is 2.11. The molecule has 0 aliphatic heterocycles. The number of ether oxygens (including phenoxy) is 1. The third-order valence-electron chi connectivity index (χ3n) is 2.95. The number of nitrogens with zero attached hydrogens (tertiary/aromatic N) is 2. The van der Waals surface area contributed by atoms with Gasteiger partial charge in [-0.3, -0.25) is 4.79 Å². The minimum atomic E-state index is -0.515. The largest absolute Gasteiger partial charge is 0.465 e. The number of pyridine rings is 1. The molecule has 0 aliphatic rings. The lowest BCUT2D eigenvalue weighted by atomic mass is 10.1. The van der Waals surface area contributed by atoms with E-state index in [9.17, 15) is 9.59 Å². The van der Waals surface area contributed by atoms with Crippen molar-refractivity contribution in [1.82, 2.24) is 9.13 Å². The van der Waals surface area contributed by atoms with Crippen molar-refractivity contribution >= 4 is 22.9 Å². The third kappa shape index (κ3) is 1.55. The standard InChI is InChI=1S/C13H14N2O3/c1-5-8-6-15(3)12(16)10-9(13(17)18-4)7-14(2)11(8)10/h5-7H,1H2,2-4H3. The first kappa shape index (κ1) is 12.2. The number of hydrogen-bond acceptors (Lipinski definition) is 3. The van der Waals surface area contributed by atoms with Crippen molar-refractivity contribution < 1.29 is 9.53 Å². The number of carbonyl (C=O) groups excluding carboxylic acids is 1. The van der Waals surface area contributed by atoms with Crippen LogP contribution in [0.1, 0.15) is 15.9 Å². The molecule has 0 saturated carbocycles. The number of esters is 1. The number of carbonyl (C=O) groups is 1. The molecule has 0 fully saturated rings. The number of fused-ring (bicyclic) bond motifs is 1. The van der Waals surface area contributed by atoms with E-state index >= 15 is 0 Å². The van der Waals surface area contributed by atoms with Crippen LogP contribution in [-0.2, 0) is 18.8 Å². The number of aromatic nitrogens is 2. The third-order valence-corrected chi connectivity index (χ3v) is 2.95. The van der Waals surface area contributed by atoms with Crippen LogP contribution in [0.15, 0.2) is 23.8 Å². The van der Waals surface area contributed by atoms with E-state index in [2.05, 4.69) is 6.58 Å². The van der Waals surface area contributed by atoms with Gasteiger partial charge in [0.25, 0.3) is 5.56 Å². The Morgan fingerprint density at radius 2 is 2.00 bits per heavy atom. The Morgan fingerprint density at radius 3 is 2.56 bits per heavy atom. The lowest BCUT2D eigenvalue weighted by molar-refractivity contribution is 0.0602. The molecule has 0 spiro atoms. The number of rotatable bonds is 2. The molecule has 0 unspecified atom stereocenters. The predicted molar refractivity (Wildman–Crippen MR) is 69.6 cm³/mol. The van der Waals surface area contributed by atoms with Gasteiger partial charge in [-0.25, -0.2) is 4.79 Å². The van der Waals surface area contributed by atoms with Crippen LogP contribution in [0.2, 0.25) is 0 Å². The summed E-state index contributed by atoms with van der Waals surface area (Å²) < 4.78 is 7.87. The summed E-state index contributed by atoms with van der Waals surface area (Å²) in [6.07, 6.45) is 4.95. The van der Waals surface area contributed by atoms with Gasteiger partial charge in [-0.2, -0.15) is 0 Å². The summed E-state index contributed by atoms with van der Waals surface area (Å²) in [4.78, 5) is 23.9. The normalized spacial score (nSPS) is 10.6. The molecule has 2 heterocycles. The molecule has 2 aromatic rings. The van der Waals surface area contributed by atoms with E-state index in [0.717, 1.165) is 5.56 Å². The molecule has 2 aromatic heterocycles. The molecule has 0 aromatic carbocycles. The second-order valence-electron chi connectivity index (χ2n) is 4.07. The summed E-state index contributed by atoms with van der Waals surface area (Å²) in [6.45, 7) is 3.72. The molecule has 0 N–H and O–H groups in total. The molecule has 0 aliphatic carbocycles. The van der Waals surface area contributed by atoms with Crippen LogP contribution in [0.25, 0.3) is 17.0 Å². The molecule has 94 valence electrons. The molecular weight excluding hydrogens is 232 g/mol. The van der Waals surface area contributed by atoms with Gasteiger partial charge in [0, 0.05) is 32.1 Å². The van der Waals surface area contributed by atoms with E-state index in [1.165, 1.54) is 11.7 Å². The van der Waals surface area contributed by atoms with E-state index in [0.29, 0.717) is 10.9 Å². The monoisotopic (exact) mass is 246 g/mol. The average molecular weight is 246 g/mol. The Kier molecular flexibility index (Phi) is 2.82. The summed E-state index contributed by atoms with van der Waals surface area (Å²) in [7, 11) is 4.72. The van der Waals surface area contributed by atoms with Crippen molar-refractivity contribution in [3.63, 3.8) is 0 Å². The van der Waals surface area contributed by atoms with E-state index in [1.54, 1.807) is 37.1 Å². The molecule has 0 bridgehead atoms. The molecular formula is C13H14N2O3. The van der Waals surface area contributed by atoms with Crippen LogP contribution in [0, 0.1) is 0 Å². The fraction of sp³-hybridized carbons (Fsp3) is 0.231. The van der Waals surface area contributed by atoms with Gasteiger partial charge >= 0.3 is 5.97 Å². The van der Waals surface area contributed by atoms with E-state index in [-0.39, 0.29) is 11.1 Å². The second-order valence-corrected chi connectivity index (χ2v) is 4.07. The molecule has 0 saturated heterocycles. The van der Waals surface area contributed by atoms with Crippen LogP contribution in [-0.4, -0.2) is 22.2 Å². The zero-order valence-corrected chi connectivity index (χ0v) is 10.6. The van der Waals surface area contributed by atoms with Crippen molar-refractivity contribution in [3.8, 4) is 0 Å². The highest BCUT2D eigenvalue weighted by molar-refractivity contribution is 6.05. The zero-order chi connectivity index (χ0) is 13.4. The maximum absolute atomic E-state index is 12.2. The minimum absolute atomic E-state index is 0.225. The lowest BCUT2D eigenvalue weighted by Gasteiger charge is -2.04. The molecule has 0 atom stereocenters. The highest BCUT2D eigenvalue weighted by atomic mass is 16.5. The summed E-state index contributed by atoms with van der Waals surface area (Å²) >= 11 is 0. The maximum atomic E-state index is 12.2. The highest BCUT2D eigenvalue weighted by Crippen LogP contribution is 2.22. The molecule has 0 radical (unpaired) electrons. The maximum Gasteiger partial charge on any atom is 0.340 e. The quantitative estimate of drug-likeness (QED) is 0.751. The first-order chi connectivity index (χ1) is 8.51. The van der Waals surface area contributed by atoms with E-state index < -0.39 is 5.97 Å². The Morgan fingerprint density at radius 1 is 1.33 bits per heavy atom. The van der Waals surface area contributed by atoms with Crippen molar-refractivity contribution in [1.29, 1.82) is 0 Å². The molecule has 5 heteroatoms. The fourth-order valence-electron chi connectivity index (χ4n) is 2.11. The van der Waals surface area contributed by atoms with Crippen LogP contribution < -0.4 is 5.56 Å². The zero-order valence-electron chi connectivity index (χ0n) is 10.6. The summed E-state index contributed by atoms with van der Waals surface area (Å²) in [5, 5.41) is 0.365. The Labute approximate surface area is 104 Å². The molecule has 0 amide bonds. The van der Waals surface area contributed by atoms with Gasteiger partial charge in [-0.05, 0) is 0 Å². The van der Waals surface area contributed by atoms with Crippen LogP contribution in [0.5, 0.6) is 0 Å². The Balaban J connectivity index is 3.02. The van der Waals surface area contributed by atoms with E-state index in [4.69, 9.17) is 4.74 Å². The first-order valence-corrected chi connectivity index (χ1v) is 5.40. The highest BCUT2D eigenvalue weighted by Gasteiger charge is 2.19. The molecule has 2 rings (SSSR count). The summed E-state index contributed by atoms with van der Waals surface area (Å²) in [6, 6.07) is 0. The summed E-state index contributed by atoms with van der Waals surface area (Å²) in [5.41, 5.74) is 1.54. The number of aryl methyl sites for hydroxylation is 2. The van der Waals surface area contributed by atoms with Gasteiger partial charge in [-0.1, -0.05) is 12.7 Å². The van der Waals surface area contributed by atoms with Gasteiger partial charge in [0.05, 0.1) is 23.6 Å². The SMILES string of the molecule is C=Cc1cn(C)c(=O)c2c(C(=O)OC)cn(C)c12. The predicted octanol–water partition coefficient (Wildman–Crippen LogP) is 1.31. The Hall–Kier alpha value is -2.30. The van der Waals surface area contributed by atoms with Crippen molar-refractivity contribution in [3.05, 3.63) is 40.5 Å². The van der Waals surface area contributed by atoms with Gasteiger partial charge in [-0.15, -0.1) is 0 Å². The van der Waals surface area contributed by atoms with Crippen molar-refractivity contribution in [2.75, 3.05) is 7.11 Å². The van der Waals surface area contributed by atoms with Crippen LogP contribution in [0.3, 0.4) is 0 Å². The van der Waals surface area contributed by atoms with E-state index in [1.807, 2.05) is 0 Å². The topological polar surface area (TPSA) is 53.2 Å². The number of methoxy groups -OCH3 is 1. The van der Waals surface area contributed by atoms with Crippen molar-refractivity contribution in [2.45, 2.75) is 0 Å². The lowest BCUT2D eigenvalue weighted by Crippen LogP contribution is -2.18. The van der Waals surface area contributed by atoms with Gasteiger partial charge < -0.3 is 13.9 Å². The number of hydrogen-bond donors (Lipinski definition) is 0. The first-order valence-electron chi connectivity index (χ1n) is 5.40. The Bertz CT molecular complexity index is 707. The van der Waals surface area contributed by atoms with Gasteiger partial charge in [0.1, 0.15) is 0 Å². The van der Waals surface area contributed by atoms with Crippen LogP contribution in [0.4, 0.5) is 0 Å². The molecule has 5 nitrogen and oxygen atoms in total. The van der Waals surface area contributed by atoms with Gasteiger partial charge in [0.2, 0.25) is 0 Å². The molecule has 18 heavy (non-hydrogen) atoms. The van der Waals surface area contributed by atoms with Gasteiger partial charge in [0.15, 0.2) is 0 Å². The summed E-state index contributed by atoms with van der Waals surface area (Å²) in [5.74, 6) is -0.515. The minimum Gasteiger partial charge on any atom is -0.465 e.